The average Bonchev–Trinajstić information content (AvgIpc) is 3.53. The molecule has 160 valence electrons. The molecule has 5 rings (SSSR count). The number of nitrogens with one attached hydrogen (secondary N) is 1. The number of H-pyrrole nitrogens is 1. The number of benzene rings is 1. The molecule has 1 aromatic heterocycles. The normalized spacial score (nSPS) is 27.5. The minimum Gasteiger partial charge on any atom is -0.376 e. The largest absolute Gasteiger partial charge is 0.376 e. The van der Waals surface area contributed by atoms with E-state index in [9.17, 15) is 4.79 Å². The standard InChI is InChI=1S/C23H30N4O3/c28-22-13-21(24-16-25-22)26-10-11-29-23(14-26)27-9-8-20(30-15-18-6-7-18)19(27)12-17-4-2-1-3-5-17/h1-5,13,16,18-20,23H,6-12,14-15H2,(H,24,25,28)/t19-,20+,23?/m0/s1. The molecule has 3 heterocycles. The smallest absolute Gasteiger partial charge is 0.252 e. The summed E-state index contributed by atoms with van der Waals surface area (Å²) in [6.07, 6.45) is 6.29. The number of ether oxygens (including phenoxy) is 2. The lowest BCUT2D eigenvalue weighted by atomic mass is 10.0. The first-order valence-electron chi connectivity index (χ1n) is 11.1. The third-order valence-electron chi connectivity index (χ3n) is 6.46. The molecule has 7 heteroatoms. The predicted octanol–water partition coefficient (Wildman–Crippen LogP) is 2.04. The molecule has 2 aliphatic heterocycles. The number of hydrogen-bond donors (Lipinski definition) is 1. The van der Waals surface area contributed by atoms with Gasteiger partial charge in [-0.25, -0.2) is 4.98 Å². The van der Waals surface area contributed by atoms with Gasteiger partial charge in [-0.15, -0.1) is 0 Å². The topological polar surface area (TPSA) is 70.7 Å². The van der Waals surface area contributed by atoms with Gasteiger partial charge in [0.1, 0.15) is 12.0 Å². The number of likely N-dealkylation sites (tertiary alicyclic amines) is 1. The second-order valence-corrected chi connectivity index (χ2v) is 8.64. The Balaban J connectivity index is 1.32. The van der Waals surface area contributed by atoms with E-state index in [0.29, 0.717) is 25.0 Å². The van der Waals surface area contributed by atoms with Crippen LogP contribution in [0.5, 0.6) is 0 Å². The van der Waals surface area contributed by atoms with E-state index in [-0.39, 0.29) is 17.9 Å². The zero-order valence-corrected chi connectivity index (χ0v) is 17.3. The number of rotatable bonds is 7. The number of anilines is 1. The van der Waals surface area contributed by atoms with E-state index in [1.165, 1.54) is 24.7 Å². The van der Waals surface area contributed by atoms with Crippen molar-refractivity contribution in [1.82, 2.24) is 14.9 Å². The van der Waals surface area contributed by atoms with Crippen LogP contribution in [0.15, 0.2) is 47.5 Å². The van der Waals surface area contributed by atoms with Gasteiger partial charge in [0.2, 0.25) is 0 Å². The summed E-state index contributed by atoms with van der Waals surface area (Å²) in [6, 6.07) is 12.5. The highest BCUT2D eigenvalue weighted by Crippen LogP contribution is 2.33. The summed E-state index contributed by atoms with van der Waals surface area (Å²) in [5.74, 6) is 1.48. The quantitative estimate of drug-likeness (QED) is 0.753. The van der Waals surface area contributed by atoms with Crippen LogP contribution in [0.2, 0.25) is 0 Å². The van der Waals surface area contributed by atoms with Crippen molar-refractivity contribution in [2.75, 3.05) is 37.7 Å². The van der Waals surface area contributed by atoms with Crippen LogP contribution in [0, 0.1) is 5.92 Å². The Morgan fingerprint density at radius 1 is 1.17 bits per heavy atom. The summed E-state index contributed by atoms with van der Waals surface area (Å²) in [7, 11) is 0. The van der Waals surface area contributed by atoms with Gasteiger partial charge in [0.25, 0.3) is 5.56 Å². The van der Waals surface area contributed by atoms with Crippen LogP contribution in [-0.2, 0) is 15.9 Å². The molecule has 0 bridgehead atoms. The van der Waals surface area contributed by atoms with E-state index in [4.69, 9.17) is 9.47 Å². The van der Waals surface area contributed by atoms with Crippen molar-refractivity contribution < 1.29 is 9.47 Å². The minimum atomic E-state index is -0.125. The van der Waals surface area contributed by atoms with Crippen molar-refractivity contribution in [3.05, 3.63) is 58.6 Å². The van der Waals surface area contributed by atoms with Crippen LogP contribution in [0.4, 0.5) is 5.82 Å². The fourth-order valence-electron chi connectivity index (χ4n) is 4.62. The molecule has 1 aromatic carbocycles. The van der Waals surface area contributed by atoms with Crippen LogP contribution in [0.1, 0.15) is 24.8 Å². The summed E-state index contributed by atoms with van der Waals surface area (Å²) in [5, 5.41) is 0. The van der Waals surface area contributed by atoms with E-state index >= 15 is 0 Å². The second kappa shape index (κ2) is 8.88. The molecule has 2 aromatic rings. The lowest BCUT2D eigenvalue weighted by Crippen LogP contribution is -2.54. The summed E-state index contributed by atoms with van der Waals surface area (Å²) in [5.41, 5.74) is 1.21. The van der Waals surface area contributed by atoms with Crippen LogP contribution < -0.4 is 10.5 Å². The Kier molecular flexibility index (Phi) is 5.84. The lowest BCUT2D eigenvalue weighted by Gasteiger charge is -2.41. The van der Waals surface area contributed by atoms with Crippen molar-refractivity contribution >= 4 is 5.82 Å². The highest BCUT2D eigenvalue weighted by atomic mass is 16.5. The molecule has 30 heavy (non-hydrogen) atoms. The number of aromatic amines is 1. The molecule has 2 saturated heterocycles. The van der Waals surface area contributed by atoms with Crippen LogP contribution in [0.3, 0.4) is 0 Å². The molecule has 7 nitrogen and oxygen atoms in total. The summed E-state index contributed by atoms with van der Waals surface area (Å²) in [6.45, 7) is 3.93. The predicted molar refractivity (Wildman–Crippen MR) is 115 cm³/mol. The fourth-order valence-corrected chi connectivity index (χ4v) is 4.62. The molecule has 0 amide bonds. The average molecular weight is 411 g/mol. The Labute approximate surface area is 177 Å². The molecule has 3 aliphatic rings. The highest BCUT2D eigenvalue weighted by Gasteiger charge is 2.41. The van der Waals surface area contributed by atoms with Gasteiger partial charge in [0, 0.05) is 31.8 Å². The molecule has 0 radical (unpaired) electrons. The van der Waals surface area contributed by atoms with Crippen molar-refractivity contribution in [1.29, 1.82) is 0 Å². The third kappa shape index (κ3) is 4.58. The summed E-state index contributed by atoms with van der Waals surface area (Å²) < 4.78 is 12.6. The fraction of sp³-hybridized carbons (Fsp3) is 0.565. The van der Waals surface area contributed by atoms with E-state index < -0.39 is 0 Å². The molecular weight excluding hydrogens is 380 g/mol. The van der Waals surface area contributed by atoms with E-state index in [1.807, 2.05) is 0 Å². The van der Waals surface area contributed by atoms with Crippen molar-refractivity contribution in [2.45, 2.75) is 44.1 Å². The number of morpholine rings is 1. The maximum absolute atomic E-state index is 11.7. The van der Waals surface area contributed by atoms with Crippen molar-refractivity contribution in [3.63, 3.8) is 0 Å². The van der Waals surface area contributed by atoms with Gasteiger partial charge in [0.15, 0.2) is 0 Å². The zero-order chi connectivity index (χ0) is 20.3. The Morgan fingerprint density at radius 3 is 2.83 bits per heavy atom. The molecule has 1 unspecified atom stereocenters. The molecular formula is C23H30N4O3. The number of nitrogens with zero attached hydrogens (tertiary/aromatic N) is 3. The molecule has 1 aliphatic carbocycles. The first-order valence-corrected chi connectivity index (χ1v) is 11.1. The van der Waals surface area contributed by atoms with Crippen molar-refractivity contribution in [2.24, 2.45) is 5.92 Å². The second-order valence-electron chi connectivity index (χ2n) is 8.64. The van der Waals surface area contributed by atoms with Gasteiger partial charge >= 0.3 is 0 Å². The monoisotopic (exact) mass is 410 g/mol. The maximum atomic E-state index is 11.7. The van der Waals surface area contributed by atoms with Gasteiger partial charge < -0.3 is 19.4 Å². The maximum Gasteiger partial charge on any atom is 0.252 e. The van der Waals surface area contributed by atoms with Crippen LogP contribution in [-0.4, -0.2) is 66.1 Å². The van der Waals surface area contributed by atoms with Gasteiger partial charge in [-0.05, 0) is 37.2 Å². The van der Waals surface area contributed by atoms with Gasteiger partial charge in [0.05, 0.1) is 25.6 Å². The van der Waals surface area contributed by atoms with Gasteiger partial charge in [-0.1, -0.05) is 30.3 Å². The lowest BCUT2D eigenvalue weighted by molar-refractivity contribution is -0.0869. The van der Waals surface area contributed by atoms with Crippen molar-refractivity contribution in [3.8, 4) is 0 Å². The molecule has 1 N–H and O–H groups in total. The summed E-state index contributed by atoms with van der Waals surface area (Å²) >= 11 is 0. The van der Waals surface area contributed by atoms with E-state index in [0.717, 1.165) is 38.5 Å². The Hall–Kier alpha value is -2.22. The van der Waals surface area contributed by atoms with Crippen LogP contribution >= 0.6 is 0 Å². The minimum absolute atomic E-state index is 0.0249. The van der Waals surface area contributed by atoms with Gasteiger partial charge in [-0.3, -0.25) is 9.69 Å². The summed E-state index contributed by atoms with van der Waals surface area (Å²) in [4.78, 5) is 23.3. The van der Waals surface area contributed by atoms with Crippen LogP contribution in [0.25, 0.3) is 0 Å². The molecule has 3 atom stereocenters. The number of hydrogen-bond acceptors (Lipinski definition) is 6. The Morgan fingerprint density at radius 2 is 2.03 bits per heavy atom. The first-order chi connectivity index (χ1) is 14.8. The molecule has 3 fully saturated rings. The molecule has 1 saturated carbocycles. The number of aromatic nitrogens is 2. The van der Waals surface area contributed by atoms with E-state index in [2.05, 4.69) is 50.1 Å². The Bertz CT molecular complexity index is 885. The highest BCUT2D eigenvalue weighted by molar-refractivity contribution is 5.37. The molecule has 0 spiro atoms. The zero-order valence-electron chi connectivity index (χ0n) is 17.3. The SMILES string of the molecule is O=c1cc(N2CCOC(N3CC[C@@H](OCC4CC4)[C@@H]3Cc3ccccc3)C2)nc[nH]1. The van der Waals surface area contributed by atoms with Gasteiger partial charge in [-0.2, -0.15) is 0 Å². The third-order valence-corrected chi connectivity index (χ3v) is 6.46. The first kappa shape index (κ1) is 19.7. The van der Waals surface area contributed by atoms with E-state index in [1.54, 1.807) is 6.07 Å².